The average molecular weight is 507 g/mol. The van der Waals surface area contributed by atoms with E-state index >= 15 is 0 Å². The number of hydrogen-bond acceptors (Lipinski definition) is 7. The molecule has 2 amide bonds. The minimum Gasteiger partial charge on any atom is -0.497 e. The number of carbonyl (C=O) groups is 4. The number of rotatable bonds is 9. The Balaban J connectivity index is 1.34. The maximum absolute atomic E-state index is 12.9. The van der Waals surface area contributed by atoms with Gasteiger partial charge in [-0.05, 0) is 60.2 Å². The Morgan fingerprint density at radius 1 is 0.972 bits per heavy atom. The summed E-state index contributed by atoms with van der Waals surface area (Å²) in [6, 6.07) is 18.9. The van der Waals surface area contributed by atoms with Crippen LogP contribution in [0.15, 0.2) is 72.8 Å². The number of nitrogens with one attached hydrogen (secondary N) is 1. The Morgan fingerprint density at radius 3 is 2.31 bits per heavy atom. The number of halogens is 1. The molecular formula is C27H23ClN2O6. The molecule has 3 aromatic rings. The highest BCUT2D eigenvalue weighted by Crippen LogP contribution is 2.24. The van der Waals surface area contributed by atoms with Gasteiger partial charge in [0.2, 0.25) is 5.91 Å². The molecule has 0 bridgehead atoms. The van der Waals surface area contributed by atoms with Crippen molar-refractivity contribution in [2.75, 3.05) is 18.6 Å². The molecule has 1 heterocycles. The largest absolute Gasteiger partial charge is 0.497 e. The second kappa shape index (κ2) is 11.2. The minimum absolute atomic E-state index is 0.0144. The van der Waals surface area contributed by atoms with Gasteiger partial charge in [-0.2, -0.15) is 0 Å². The number of ketones is 1. The second-order valence-electron chi connectivity index (χ2n) is 8.07. The Morgan fingerprint density at radius 2 is 1.64 bits per heavy atom. The third-order valence-corrected chi connectivity index (χ3v) is 6.12. The predicted octanol–water partition coefficient (Wildman–Crippen LogP) is 3.81. The number of nitrogens with zero attached hydrogens (tertiary/aromatic N) is 1. The van der Waals surface area contributed by atoms with Crippen LogP contribution in [0.4, 0.5) is 5.69 Å². The van der Waals surface area contributed by atoms with E-state index in [1.807, 2.05) is 18.2 Å². The number of methoxy groups -OCH3 is 1. The van der Waals surface area contributed by atoms with Crippen molar-refractivity contribution < 1.29 is 28.7 Å². The van der Waals surface area contributed by atoms with Crippen molar-refractivity contribution in [2.45, 2.75) is 19.0 Å². The van der Waals surface area contributed by atoms with Gasteiger partial charge in [-0.15, -0.1) is 0 Å². The topological polar surface area (TPSA) is 102 Å². The summed E-state index contributed by atoms with van der Waals surface area (Å²) in [4.78, 5) is 51.1. The van der Waals surface area contributed by atoms with E-state index in [4.69, 9.17) is 21.1 Å². The maximum Gasteiger partial charge on any atom is 0.338 e. The molecule has 1 unspecified atom stereocenters. The van der Waals surface area contributed by atoms with E-state index in [2.05, 4.69) is 5.32 Å². The molecule has 1 aliphatic heterocycles. The Labute approximate surface area is 212 Å². The van der Waals surface area contributed by atoms with Crippen LogP contribution >= 0.6 is 11.6 Å². The first kappa shape index (κ1) is 25.1. The molecule has 0 saturated carbocycles. The van der Waals surface area contributed by atoms with Crippen LogP contribution in [0.1, 0.15) is 32.7 Å². The number of amides is 2. The summed E-state index contributed by atoms with van der Waals surface area (Å²) >= 11 is 6.16. The highest BCUT2D eigenvalue weighted by atomic mass is 35.5. The van der Waals surface area contributed by atoms with E-state index in [0.717, 1.165) is 10.5 Å². The SMILES string of the molecule is COc1ccc(C(=O)COC(=O)c2ccc(N3C(=O)CC(NCc4ccccc4Cl)C3=O)cc2)cc1. The van der Waals surface area contributed by atoms with Gasteiger partial charge in [-0.25, -0.2) is 9.69 Å². The molecule has 0 radical (unpaired) electrons. The molecule has 8 nitrogen and oxygen atoms in total. The van der Waals surface area contributed by atoms with Crippen LogP contribution in [0.3, 0.4) is 0 Å². The van der Waals surface area contributed by atoms with Crippen molar-refractivity contribution in [3.63, 3.8) is 0 Å². The lowest BCUT2D eigenvalue weighted by molar-refractivity contribution is -0.121. The number of benzene rings is 3. The molecule has 9 heteroatoms. The second-order valence-corrected chi connectivity index (χ2v) is 8.48. The fourth-order valence-electron chi connectivity index (χ4n) is 3.76. The van der Waals surface area contributed by atoms with E-state index in [0.29, 0.717) is 28.6 Å². The van der Waals surface area contributed by atoms with Gasteiger partial charge in [0, 0.05) is 17.1 Å². The summed E-state index contributed by atoms with van der Waals surface area (Å²) < 4.78 is 10.2. The third kappa shape index (κ3) is 5.62. The van der Waals surface area contributed by atoms with Crippen LogP contribution in [0.25, 0.3) is 0 Å². The monoisotopic (exact) mass is 506 g/mol. The van der Waals surface area contributed by atoms with E-state index in [1.54, 1.807) is 30.3 Å². The molecule has 4 rings (SSSR count). The van der Waals surface area contributed by atoms with Gasteiger partial charge in [0.05, 0.1) is 30.8 Å². The Bertz CT molecular complexity index is 1290. The van der Waals surface area contributed by atoms with Crippen molar-refractivity contribution >= 4 is 40.9 Å². The lowest BCUT2D eigenvalue weighted by Crippen LogP contribution is -2.38. The van der Waals surface area contributed by atoms with Gasteiger partial charge < -0.3 is 14.8 Å². The van der Waals surface area contributed by atoms with E-state index in [1.165, 1.54) is 31.4 Å². The van der Waals surface area contributed by atoms with Gasteiger partial charge in [0.25, 0.3) is 5.91 Å². The maximum atomic E-state index is 12.9. The van der Waals surface area contributed by atoms with Crippen molar-refractivity contribution in [1.82, 2.24) is 5.32 Å². The van der Waals surface area contributed by atoms with Crippen LogP contribution in [0.2, 0.25) is 5.02 Å². The number of ether oxygens (including phenoxy) is 2. The first-order valence-electron chi connectivity index (χ1n) is 11.2. The van der Waals surface area contributed by atoms with E-state index < -0.39 is 18.6 Å². The third-order valence-electron chi connectivity index (χ3n) is 5.75. The average Bonchev–Trinajstić information content (AvgIpc) is 3.19. The summed E-state index contributed by atoms with van der Waals surface area (Å²) in [6.07, 6.45) is 0.0144. The molecule has 1 aliphatic rings. The number of carbonyl (C=O) groups excluding carboxylic acids is 4. The lowest BCUT2D eigenvalue weighted by atomic mass is 10.1. The first-order chi connectivity index (χ1) is 17.4. The van der Waals surface area contributed by atoms with Gasteiger partial charge in [0.1, 0.15) is 5.75 Å². The highest BCUT2D eigenvalue weighted by molar-refractivity contribution is 6.31. The highest BCUT2D eigenvalue weighted by Gasteiger charge is 2.39. The zero-order valence-electron chi connectivity index (χ0n) is 19.4. The minimum atomic E-state index is -0.693. The van der Waals surface area contributed by atoms with E-state index in [9.17, 15) is 19.2 Å². The van der Waals surface area contributed by atoms with Crippen LogP contribution in [0.5, 0.6) is 5.75 Å². The molecule has 0 aromatic heterocycles. The lowest BCUT2D eigenvalue weighted by Gasteiger charge is -2.16. The Hall–Kier alpha value is -4.01. The fraction of sp³-hybridized carbons (Fsp3) is 0.185. The van der Waals surface area contributed by atoms with Crippen LogP contribution in [-0.2, 0) is 20.9 Å². The summed E-state index contributed by atoms with van der Waals surface area (Å²) in [7, 11) is 1.52. The zero-order valence-corrected chi connectivity index (χ0v) is 20.2. The van der Waals surface area contributed by atoms with Crippen molar-refractivity contribution in [1.29, 1.82) is 0 Å². The molecule has 36 heavy (non-hydrogen) atoms. The molecule has 1 N–H and O–H groups in total. The van der Waals surface area contributed by atoms with Gasteiger partial charge in [0.15, 0.2) is 12.4 Å². The van der Waals surface area contributed by atoms with Crippen LogP contribution in [0, 0.1) is 0 Å². The van der Waals surface area contributed by atoms with Gasteiger partial charge in [-0.3, -0.25) is 14.4 Å². The quantitative estimate of drug-likeness (QED) is 0.267. The molecule has 1 saturated heterocycles. The molecular weight excluding hydrogens is 484 g/mol. The molecule has 1 fully saturated rings. The summed E-state index contributed by atoms with van der Waals surface area (Å²) in [6.45, 7) is -0.0774. The van der Waals surface area contributed by atoms with Crippen molar-refractivity contribution in [3.05, 3.63) is 94.5 Å². The summed E-state index contributed by atoms with van der Waals surface area (Å²) in [5.74, 6) is -1.17. The molecule has 3 aromatic carbocycles. The molecule has 0 aliphatic carbocycles. The smallest absolute Gasteiger partial charge is 0.338 e. The molecule has 0 spiro atoms. The number of Topliss-reactive ketones (excluding diaryl/α,β-unsaturated/α-hetero) is 1. The molecule has 1 atom stereocenters. The number of anilines is 1. The fourth-order valence-corrected chi connectivity index (χ4v) is 3.96. The first-order valence-corrected chi connectivity index (χ1v) is 11.5. The zero-order chi connectivity index (χ0) is 25.7. The number of hydrogen-bond donors (Lipinski definition) is 1. The number of esters is 1. The van der Waals surface area contributed by atoms with Crippen LogP contribution < -0.4 is 15.0 Å². The van der Waals surface area contributed by atoms with Gasteiger partial charge in [-0.1, -0.05) is 29.8 Å². The molecule has 184 valence electrons. The predicted molar refractivity (Wildman–Crippen MR) is 133 cm³/mol. The summed E-state index contributed by atoms with van der Waals surface area (Å²) in [5, 5.41) is 3.66. The van der Waals surface area contributed by atoms with Crippen molar-refractivity contribution in [3.8, 4) is 5.75 Å². The number of imide groups is 1. The van der Waals surface area contributed by atoms with Gasteiger partial charge >= 0.3 is 5.97 Å². The summed E-state index contributed by atoms with van der Waals surface area (Å²) in [5.41, 5.74) is 1.75. The van der Waals surface area contributed by atoms with E-state index in [-0.39, 0.29) is 29.6 Å². The standard InChI is InChI=1S/C27H23ClN2O6/c1-35-21-12-8-17(9-13-21)24(31)16-36-27(34)18-6-10-20(11-7-18)30-25(32)14-23(26(30)33)29-15-19-4-2-3-5-22(19)28/h2-13,23,29H,14-16H2,1H3. The normalized spacial score (nSPS) is 15.2. The Kier molecular flexibility index (Phi) is 7.77. The van der Waals surface area contributed by atoms with Crippen LogP contribution in [-0.4, -0.2) is 43.3 Å². The van der Waals surface area contributed by atoms with Crippen molar-refractivity contribution in [2.24, 2.45) is 0 Å².